The average molecular weight is 222 g/mol. The molecule has 16 heavy (non-hydrogen) atoms. The number of rotatable bonds is 5. The lowest BCUT2D eigenvalue weighted by atomic mass is 9.89. The van der Waals surface area contributed by atoms with E-state index in [0.29, 0.717) is 13.0 Å². The first-order valence-corrected chi connectivity index (χ1v) is 5.28. The van der Waals surface area contributed by atoms with E-state index in [1.165, 1.54) is 0 Å². The van der Waals surface area contributed by atoms with Gasteiger partial charge in [-0.25, -0.2) is 0 Å². The molecular formula is C12H18N2O2. The minimum Gasteiger partial charge on any atom is -0.481 e. The summed E-state index contributed by atoms with van der Waals surface area (Å²) in [5.74, 6) is -0.754. The average Bonchev–Trinajstić information content (AvgIpc) is 2.27. The largest absolute Gasteiger partial charge is 0.481 e. The predicted octanol–water partition coefficient (Wildman–Crippen LogP) is 2.02. The van der Waals surface area contributed by atoms with Gasteiger partial charge in [0, 0.05) is 31.7 Å². The van der Waals surface area contributed by atoms with Crippen LogP contribution in [0.5, 0.6) is 0 Å². The maximum atomic E-state index is 10.9. The first-order chi connectivity index (χ1) is 7.43. The van der Waals surface area contributed by atoms with Crippen LogP contribution in [0.4, 0.5) is 5.69 Å². The lowest BCUT2D eigenvalue weighted by molar-refractivity contribution is -0.147. The van der Waals surface area contributed by atoms with Crippen LogP contribution in [-0.4, -0.2) is 29.7 Å². The second-order valence-electron chi connectivity index (χ2n) is 4.57. The summed E-state index contributed by atoms with van der Waals surface area (Å²) in [4.78, 5) is 16.9. The van der Waals surface area contributed by atoms with Crippen LogP contribution in [0.25, 0.3) is 0 Å². The van der Waals surface area contributed by atoms with E-state index in [-0.39, 0.29) is 0 Å². The number of pyridine rings is 1. The van der Waals surface area contributed by atoms with Gasteiger partial charge in [-0.2, -0.15) is 0 Å². The number of anilines is 1. The molecule has 1 N–H and O–H groups in total. The van der Waals surface area contributed by atoms with E-state index in [1.807, 2.05) is 24.1 Å². The van der Waals surface area contributed by atoms with Gasteiger partial charge in [-0.1, -0.05) is 0 Å². The number of hydrogen-bond donors (Lipinski definition) is 1. The Labute approximate surface area is 95.9 Å². The van der Waals surface area contributed by atoms with Crippen LogP contribution >= 0.6 is 0 Å². The Morgan fingerprint density at radius 2 is 2.00 bits per heavy atom. The number of carbonyl (C=O) groups is 1. The molecule has 0 amide bonds. The van der Waals surface area contributed by atoms with Crippen molar-refractivity contribution >= 4 is 11.7 Å². The molecule has 1 aromatic rings. The van der Waals surface area contributed by atoms with Crippen molar-refractivity contribution in [3.63, 3.8) is 0 Å². The maximum absolute atomic E-state index is 10.9. The standard InChI is InChI=1S/C12H18N2O2/c1-12(2,11(15)16)6-9-14(3)10-4-7-13-8-5-10/h4-5,7-8H,6,9H2,1-3H3,(H,15,16). The highest BCUT2D eigenvalue weighted by atomic mass is 16.4. The summed E-state index contributed by atoms with van der Waals surface area (Å²) >= 11 is 0. The second-order valence-corrected chi connectivity index (χ2v) is 4.57. The molecule has 1 rings (SSSR count). The van der Waals surface area contributed by atoms with Gasteiger partial charge < -0.3 is 10.0 Å². The van der Waals surface area contributed by atoms with Gasteiger partial charge in [0.05, 0.1) is 5.41 Å². The van der Waals surface area contributed by atoms with Crippen LogP contribution in [0, 0.1) is 5.41 Å². The van der Waals surface area contributed by atoms with Gasteiger partial charge in [-0.3, -0.25) is 9.78 Å². The number of carboxylic acid groups (broad SMARTS) is 1. The lowest BCUT2D eigenvalue weighted by Crippen LogP contribution is -2.30. The highest BCUT2D eigenvalue weighted by Gasteiger charge is 2.26. The minimum absolute atomic E-state index is 0.612. The summed E-state index contributed by atoms with van der Waals surface area (Å²) in [6, 6.07) is 3.82. The molecule has 0 fully saturated rings. The van der Waals surface area contributed by atoms with E-state index < -0.39 is 11.4 Å². The molecule has 1 aromatic heterocycles. The first-order valence-electron chi connectivity index (χ1n) is 5.28. The molecule has 0 spiro atoms. The molecule has 0 bridgehead atoms. The Kier molecular flexibility index (Phi) is 3.88. The van der Waals surface area contributed by atoms with Crippen LogP contribution in [0.15, 0.2) is 24.5 Å². The van der Waals surface area contributed by atoms with Crippen molar-refractivity contribution in [1.29, 1.82) is 0 Å². The predicted molar refractivity (Wildman–Crippen MR) is 63.5 cm³/mol. The SMILES string of the molecule is CN(CCC(C)(C)C(=O)O)c1ccncc1. The molecule has 0 aromatic carbocycles. The topological polar surface area (TPSA) is 53.4 Å². The van der Waals surface area contributed by atoms with Gasteiger partial charge in [0.25, 0.3) is 0 Å². The zero-order chi connectivity index (χ0) is 12.2. The summed E-state index contributed by atoms with van der Waals surface area (Å²) in [7, 11) is 1.95. The number of nitrogens with zero attached hydrogens (tertiary/aromatic N) is 2. The van der Waals surface area contributed by atoms with Gasteiger partial charge in [0.1, 0.15) is 0 Å². The van der Waals surface area contributed by atoms with E-state index in [0.717, 1.165) is 5.69 Å². The highest BCUT2D eigenvalue weighted by Crippen LogP contribution is 2.22. The highest BCUT2D eigenvalue weighted by molar-refractivity contribution is 5.73. The smallest absolute Gasteiger partial charge is 0.309 e. The summed E-state index contributed by atoms with van der Waals surface area (Å²) < 4.78 is 0. The Balaban J connectivity index is 2.54. The number of aliphatic carboxylic acids is 1. The van der Waals surface area contributed by atoms with Crippen molar-refractivity contribution in [1.82, 2.24) is 4.98 Å². The van der Waals surface area contributed by atoms with E-state index in [2.05, 4.69) is 4.98 Å². The molecule has 0 aliphatic heterocycles. The Morgan fingerprint density at radius 3 is 2.50 bits per heavy atom. The second kappa shape index (κ2) is 4.96. The van der Waals surface area contributed by atoms with Crippen LogP contribution < -0.4 is 4.90 Å². The van der Waals surface area contributed by atoms with Crippen molar-refractivity contribution in [3.05, 3.63) is 24.5 Å². The molecule has 0 saturated carbocycles. The fourth-order valence-electron chi connectivity index (χ4n) is 1.28. The summed E-state index contributed by atoms with van der Waals surface area (Å²) in [6.45, 7) is 4.20. The Hall–Kier alpha value is -1.58. The van der Waals surface area contributed by atoms with Crippen LogP contribution in [0.1, 0.15) is 20.3 Å². The minimum atomic E-state index is -0.754. The van der Waals surface area contributed by atoms with Gasteiger partial charge >= 0.3 is 5.97 Å². The number of carboxylic acids is 1. The summed E-state index contributed by atoms with van der Waals surface area (Å²) in [5, 5.41) is 9.00. The summed E-state index contributed by atoms with van der Waals surface area (Å²) in [5.41, 5.74) is 0.373. The summed E-state index contributed by atoms with van der Waals surface area (Å²) in [6.07, 6.45) is 4.07. The molecule has 0 atom stereocenters. The molecule has 88 valence electrons. The van der Waals surface area contributed by atoms with Gasteiger partial charge in [-0.15, -0.1) is 0 Å². The zero-order valence-electron chi connectivity index (χ0n) is 9.97. The fourth-order valence-corrected chi connectivity index (χ4v) is 1.28. The third-order valence-corrected chi connectivity index (χ3v) is 2.75. The van der Waals surface area contributed by atoms with Gasteiger partial charge in [-0.05, 0) is 32.4 Å². The quantitative estimate of drug-likeness (QED) is 0.828. The van der Waals surface area contributed by atoms with Crippen LogP contribution in [-0.2, 0) is 4.79 Å². The van der Waals surface area contributed by atoms with Crippen molar-refractivity contribution in [3.8, 4) is 0 Å². The monoisotopic (exact) mass is 222 g/mol. The van der Waals surface area contributed by atoms with Crippen molar-refractivity contribution in [2.75, 3.05) is 18.5 Å². The van der Waals surface area contributed by atoms with Crippen LogP contribution in [0.3, 0.4) is 0 Å². The zero-order valence-corrected chi connectivity index (χ0v) is 9.97. The fraction of sp³-hybridized carbons (Fsp3) is 0.500. The molecule has 1 heterocycles. The molecule has 4 heteroatoms. The van der Waals surface area contributed by atoms with Gasteiger partial charge in [0.2, 0.25) is 0 Å². The molecule has 0 unspecified atom stereocenters. The van der Waals surface area contributed by atoms with Crippen molar-refractivity contribution < 1.29 is 9.90 Å². The molecule has 0 aliphatic carbocycles. The molecule has 4 nitrogen and oxygen atoms in total. The van der Waals surface area contributed by atoms with Crippen molar-refractivity contribution in [2.24, 2.45) is 5.41 Å². The lowest BCUT2D eigenvalue weighted by Gasteiger charge is -2.25. The Morgan fingerprint density at radius 1 is 1.44 bits per heavy atom. The number of aromatic nitrogens is 1. The maximum Gasteiger partial charge on any atom is 0.309 e. The third kappa shape index (κ3) is 3.22. The van der Waals surface area contributed by atoms with E-state index in [9.17, 15) is 4.79 Å². The van der Waals surface area contributed by atoms with E-state index in [4.69, 9.17) is 5.11 Å². The van der Waals surface area contributed by atoms with Crippen molar-refractivity contribution in [2.45, 2.75) is 20.3 Å². The van der Waals surface area contributed by atoms with E-state index >= 15 is 0 Å². The van der Waals surface area contributed by atoms with Crippen LogP contribution in [0.2, 0.25) is 0 Å². The number of hydrogen-bond acceptors (Lipinski definition) is 3. The third-order valence-electron chi connectivity index (χ3n) is 2.75. The molecule has 0 aliphatic rings. The Bertz CT molecular complexity index is 349. The molecule has 0 saturated heterocycles. The van der Waals surface area contributed by atoms with E-state index in [1.54, 1.807) is 26.2 Å². The molecular weight excluding hydrogens is 204 g/mol. The van der Waals surface area contributed by atoms with Gasteiger partial charge in [0.15, 0.2) is 0 Å². The molecule has 0 radical (unpaired) electrons. The normalized spacial score (nSPS) is 11.2. The first kappa shape index (κ1) is 12.5.